The molecule has 0 bridgehead atoms. The first-order valence-electron chi connectivity index (χ1n) is 12.0. The van der Waals surface area contributed by atoms with Crippen LogP contribution in [0.5, 0.6) is 11.5 Å². The minimum absolute atomic E-state index is 0.00378. The Labute approximate surface area is 218 Å². The summed E-state index contributed by atoms with van der Waals surface area (Å²) in [5, 5.41) is 11.8. The van der Waals surface area contributed by atoms with Gasteiger partial charge < -0.3 is 14.6 Å². The molecule has 1 fully saturated rings. The maximum Gasteiger partial charge on any atom is 0.301 e. The summed E-state index contributed by atoms with van der Waals surface area (Å²) >= 11 is 1.33. The van der Waals surface area contributed by atoms with Gasteiger partial charge in [-0.15, -0.1) is 0 Å². The smallest absolute Gasteiger partial charge is 0.301 e. The molecule has 3 aromatic carbocycles. The van der Waals surface area contributed by atoms with Gasteiger partial charge in [-0.1, -0.05) is 36.5 Å². The number of carbonyl (C=O) groups excluding carboxylic acids is 2. The molecule has 0 spiro atoms. The number of nitrogens with zero attached hydrogens (tertiary/aromatic N) is 2. The van der Waals surface area contributed by atoms with Crippen molar-refractivity contribution in [2.75, 3.05) is 18.6 Å². The first-order valence-corrected chi connectivity index (χ1v) is 12.8. The number of hydrogen-bond donors (Lipinski definition) is 1. The molecule has 37 heavy (non-hydrogen) atoms. The number of fused-ring (bicyclic) bond motifs is 1. The third-order valence-corrected chi connectivity index (χ3v) is 7.21. The molecule has 1 atom stereocenters. The summed E-state index contributed by atoms with van der Waals surface area (Å²) in [6.45, 7) is 4.58. The third kappa shape index (κ3) is 4.56. The molecule has 1 aliphatic heterocycles. The molecule has 0 saturated carbocycles. The standard InChI is InChI=1S/C29H26N2O5S/c1-4-14-36-20-11-9-18(10-12-20)26(32)24-25(19-6-5-7-21(16-19)35-3)31(28(34)27(24)33)29-30-22-13-8-17(2)15-23(22)37-29/h5-13,15-16,25,32H,4,14H2,1-3H3. The number of aryl methyl sites for hydroxylation is 1. The topological polar surface area (TPSA) is 89.0 Å². The highest BCUT2D eigenvalue weighted by molar-refractivity contribution is 7.22. The highest BCUT2D eigenvalue weighted by Crippen LogP contribution is 2.45. The number of hydrogen-bond acceptors (Lipinski definition) is 7. The van der Waals surface area contributed by atoms with Gasteiger partial charge in [0, 0.05) is 5.56 Å². The molecule has 1 N–H and O–H groups in total. The molecule has 0 aliphatic carbocycles. The lowest BCUT2D eigenvalue weighted by molar-refractivity contribution is -0.132. The first-order chi connectivity index (χ1) is 17.9. The van der Waals surface area contributed by atoms with Crippen molar-refractivity contribution in [2.45, 2.75) is 26.3 Å². The van der Waals surface area contributed by atoms with Crippen LogP contribution in [0.15, 0.2) is 72.3 Å². The Morgan fingerprint density at radius 3 is 2.57 bits per heavy atom. The summed E-state index contributed by atoms with van der Waals surface area (Å²) in [7, 11) is 1.55. The Hall–Kier alpha value is -4.17. The number of aromatic nitrogens is 1. The average Bonchev–Trinajstić information content (AvgIpc) is 3.44. The number of thiazole rings is 1. The maximum atomic E-state index is 13.5. The lowest BCUT2D eigenvalue weighted by atomic mass is 9.95. The van der Waals surface area contributed by atoms with Gasteiger partial charge in [0.2, 0.25) is 0 Å². The van der Waals surface area contributed by atoms with Crippen molar-refractivity contribution >= 4 is 44.1 Å². The van der Waals surface area contributed by atoms with E-state index in [0.29, 0.717) is 34.4 Å². The van der Waals surface area contributed by atoms with E-state index in [-0.39, 0.29) is 11.3 Å². The lowest BCUT2D eigenvalue weighted by Crippen LogP contribution is -2.29. The van der Waals surface area contributed by atoms with Gasteiger partial charge in [0.1, 0.15) is 17.3 Å². The van der Waals surface area contributed by atoms with Crippen LogP contribution in [0.2, 0.25) is 0 Å². The molecule has 1 amide bonds. The summed E-state index contributed by atoms with van der Waals surface area (Å²) in [6.07, 6.45) is 0.872. The van der Waals surface area contributed by atoms with E-state index in [4.69, 9.17) is 9.47 Å². The van der Waals surface area contributed by atoms with Crippen LogP contribution in [0, 0.1) is 6.92 Å². The molecule has 5 rings (SSSR count). The van der Waals surface area contributed by atoms with Gasteiger partial charge >= 0.3 is 5.91 Å². The molecule has 1 unspecified atom stereocenters. The van der Waals surface area contributed by atoms with Crippen molar-refractivity contribution in [3.05, 3.63) is 89.0 Å². The molecular weight excluding hydrogens is 488 g/mol. The van der Waals surface area contributed by atoms with Crippen molar-refractivity contribution in [1.29, 1.82) is 0 Å². The van der Waals surface area contributed by atoms with E-state index in [9.17, 15) is 14.7 Å². The van der Waals surface area contributed by atoms with Gasteiger partial charge in [-0.05, 0) is 73.0 Å². The molecule has 1 aromatic heterocycles. The number of benzene rings is 3. The molecule has 1 aliphatic rings. The van der Waals surface area contributed by atoms with E-state index >= 15 is 0 Å². The van der Waals surface area contributed by atoms with E-state index in [1.54, 1.807) is 55.6 Å². The zero-order valence-corrected chi connectivity index (χ0v) is 21.5. The number of carbonyl (C=O) groups is 2. The van der Waals surface area contributed by atoms with Crippen LogP contribution in [-0.2, 0) is 9.59 Å². The van der Waals surface area contributed by atoms with Gasteiger partial charge in [0.15, 0.2) is 5.13 Å². The van der Waals surface area contributed by atoms with Gasteiger partial charge in [0.05, 0.1) is 35.5 Å². The highest BCUT2D eigenvalue weighted by Gasteiger charge is 2.48. The van der Waals surface area contributed by atoms with Crippen LogP contribution in [0.25, 0.3) is 16.0 Å². The number of Topliss-reactive ketones (excluding diaryl/α,β-unsaturated/α-hetero) is 1. The fourth-order valence-corrected chi connectivity index (χ4v) is 5.45. The van der Waals surface area contributed by atoms with E-state index in [2.05, 4.69) is 4.98 Å². The Morgan fingerprint density at radius 1 is 1.05 bits per heavy atom. The second kappa shape index (κ2) is 10.1. The van der Waals surface area contributed by atoms with Gasteiger partial charge in [0.25, 0.3) is 5.78 Å². The monoisotopic (exact) mass is 514 g/mol. The second-order valence-corrected chi connectivity index (χ2v) is 9.80. The van der Waals surface area contributed by atoms with Crippen molar-refractivity contribution in [2.24, 2.45) is 0 Å². The number of methoxy groups -OCH3 is 1. The molecule has 2 heterocycles. The molecule has 8 heteroatoms. The van der Waals surface area contributed by atoms with Gasteiger partial charge in [-0.2, -0.15) is 0 Å². The summed E-state index contributed by atoms with van der Waals surface area (Å²) < 4.78 is 11.9. The zero-order chi connectivity index (χ0) is 26.1. The zero-order valence-electron chi connectivity index (χ0n) is 20.7. The number of rotatable bonds is 7. The predicted octanol–water partition coefficient (Wildman–Crippen LogP) is 6.03. The fourth-order valence-electron chi connectivity index (χ4n) is 4.36. The summed E-state index contributed by atoms with van der Waals surface area (Å²) in [4.78, 5) is 32.9. The summed E-state index contributed by atoms with van der Waals surface area (Å²) in [6, 6.07) is 18.9. The molecular formula is C29H26N2O5S. The van der Waals surface area contributed by atoms with Crippen molar-refractivity contribution in [3.8, 4) is 11.5 Å². The van der Waals surface area contributed by atoms with Crippen LogP contribution in [0.4, 0.5) is 5.13 Å². The summed E-state index contributed by atoms with van der Waals surface area (Å²) in [5.41, 5.74) is 2.84. The quantitative estimate of drug-likeness (QED) is 0.184. The first kappa shape index (κ1) is 24.5. The predicted molar refractivity (Wildman–Crippen MR) is 144 cm³/mol. The van der Waals surface area contributed by atoms with E-state index < -0.39 is 17.7 Å². The van der Waals surface area contributed by atoms with Gasteiger partial charge in [-0.3, -0.25) is 14.5 Å². The molecule has 0 radical (unpaired) electrons. The molecule has 1 saturated heterocycles. The van der Waals surface area contributed by atoms with E-state index in [1.807, 2.05) is 32.0 Å². The number of ketones is 1. The summed E-state index contributed by atoms with van der Waals surface area (Å²) in [5.74, 6) is -0.541. The maximum absolute atomic E-state index is 13.5. The molecule has 188 valence electrons. The number of aliphatic hydroxyl groups is 1. The number of anilines is 1. The van der Waals surface area contributed by atoms with Crippen LogP contribution >= 0.6 is 11.3 Å². The van der Waals surface area contributed by atoms with Crippen LogP contribution in [0.1, 0.15) is 36.1 Å². The second-order valence-electron chi connectivity index (χ2n) is 8.79. The Bertz CT molecular complexity index is 1520. The largest absolute Gasteiger partial charge is 0.507 e. The Balaban J connectivity index is 1.66. The van der Waals surface area contributed by atoms with Crippen LogP contribution in [0.3, 0.4) is 0 Å². The van der Waals surface area contributed by atoms with Gasteiger partial charge in [-0.25, -0.2) is 4.98 Å². The number of ether oxygens (including phenoxy) is 2. The fraction of sp³-hybridized carbons (Fsp3) is 0.207. The van der Waals surface area contributed by atoms with E-state index in [0.717, 1.165) is 22.2 Å². The highest BCUT2D eigenvalue weighted by atomic mass is 32.1. The lowest BCUT2D eigenvalue weighted by Gasteiger charge is -2.23. The van der Waals surface area contributed by atoms with Crippen molar-refractivity contribution < 1.29 is 24.2 Å². The van der Waals surface area contributed by atoms with Crippen molar-refractivity contribution in [3.63, 3.8) is 0 Å². The minimum atomic E-state index is -0.882. The number of aliphatic hydroxyl groups excluding tert-OH is 1. The molecule has 4 aromatic rings. The normalized spacial score (nSPS) is 16.9. The van der Waals surface area contributed by atoms with Crippen LogP contribution < -0.4 is 14.4 Å². The minimum Gasteiger partial charge on any atom is -0.507 e. The molecule has 7 nitrogen and oxygen atoms in total. The van der Waals surface area contributed by atoms with Crippen LogP contribution in [-0.4, -0.2) is 35.5 Å². The Morgan fingerprint density at radius 2 is 1.84 bits per heavy atom. The third-order valence-electron chi connectivity index (χ3n) is 6.19. The SMILES string of the molecule is CCCOc1ccc(C(O)=C2C(=O)C(=O)N(c3nc4ccc(C)cc4s3)C2c2cccc(OC)c2)cc1. The van der Waals surface area contributed by atoms with Crippen molar-refractivity contribution in [1.82, 2.24) is 4.98 Å². The average molecular weight is 515 g/mol. The Kier molecular flexibility index (Phi) is 6.67. The number of amides is 1. The van der Waals surface area contributed by atoms with E-state index in [1.165, 1.54) is 16.2 Å².